The predicted octanol–water partition coefficient (Wildman–Crippen LogP) is 6.57. The molecule has 0 bridgehead atoms. The first-order valence-electron chi connectivity index (χ1n) is 13.8. The molecule has 0 saturated carbocycles. The van der Waals surface area contributed by atoms with E-state index >= 15 is 0 Å². The summed E-state index contributed by atoms with van der Waals surface area (Å²) in [5.41, 5.74) is 2.22. The number of amides is 1. The number of anilines is 1. The Balaban J connectivity index is 1.51. The summed E-state index contributed by atoms with van der Waals surface area (Å²) in [6, 6.07) is 13.5. The first kappa shape index (κ1) is 27.7. The van der Waals surface area contributed by atoms with Gasteiger partial charge >= 0.3 is 5.91 Å². The second-order valence-electron chi connectivity index (χ2n) is 10.3. The maximum absolute atomic E-state index is 14.0. The van der Waals surface area contributed by atoms with Gasteiger partial charge in [-0.1, -0.05) is 30.7 Å². The predicted molar refractivity (Wildman–Crippen MR) is 158 cm³/mol. The van der Waals surface area contributed by atoms with Crippen LogP contribution in [0.5, 0.6) is 17.2 Å². The van der Waals surface area contributed by atoms with Crippen LogP contribution in [0.2, 0.25) is 0 Å². The van der Waals surface area contributed by atoms with Gasteiger partial charge in [0.15, 0.2) is 16.6 Å². The van der Waals surface area contributed by atoms with Crippen molar-refractivity contribution in [3.8, 4) is 17.2 Å². The van der Waals surface area contributed by atoms with E-state index in [2.05, 4.69) is 11.9 Å². The lowest BCUT2D eigenvalue weighted by Gasteiger charge is -2.24. The van der Waals surface area contributed by atoms with Gasteiger partial charge in [-0.15, -0.1) is 0 Å². The van der Waals surface area contributed by atoms with E-state index in [1.807, 2.05) is 6.92 Å². The van der Waals surface area contributed by atoms with Gasteiger partial charge in [-0.05, 0) is 73.0 Å². The highest BCUT2D eigenvalue weighted by atomic mass is 32.1. The summed E-state index contributed by atoms with van der Waals surface area (Å²) < 4.78 is 31.8. The molecule has 2 aliphatic heterocycles. The van der Waals surface area contributed by atoms with Crippen LogP contribution in [0.25, 0.3) is 16.0 Å². The Kier molecular flexibility index (Phi) is 7.32. The number of hydrogen-bond acceptors (Lipinski definition) is 8. The molecule has 1 aromatic heterocycles. The van der Waals surface area contributed by atoms with Crippen LogP contribution in [0, 0.1) is 5.82 Å². The largest absolute Gasteiger partial charge is 0.507 e. The molecule has 0 aliphatic carbocycles. The number of carbonyl (C=O) groups excluding carboxylic acids is 2. The Bertz CT molecular complexity index is 1750. The summed E-state index contributed by atoms with van der Waals surface area (Å²) in [6.07, 6.45) is 2.49. The summed E-state index contributed by atoms with van der Waals surface area (Å²) in [5.74, 6) is -0.774. The normalized spacial score (nSPS) is 19.3. The number of ether oxygens (including phenoxy) is 3. The standard InChI is InChI=1S/C32H29FN2O6S/c1-4-5-12-40-24-11-6-18(15-25(24)39-3)28-27(29(36)19-7-10-23-20(14-19)13-17(2)41-23)30(37)31(38)35(28)32-34-22-9-8-21(33)16-26(22)42-32/h6-11,14-17,28,36H,4-5,12-13H2,1-3H3/b29-27-. The minimum absolute atomic E-state index is 0.00243. The highest BCUT2D eigenvalue weighted by molar-refractivity contribution is 7.22. The molecular weight excluding hydrogens is 559 g/mol. The highest BCUT2D eigenvalue weighted by Gasteiger charge is 2.48. The first-order valence-corrected chi connectivity index (χ1v) is 14.6. The van der Waals surface area contributed by atoms with E-state index < -0.39 is 23.5 Å². The van der Waals surface area contributed by atoms with Crippen molar-refractivity contribution < 1.29 is 33.3 Å². The Hall–Kier alpha value is -4.44. The van der Waals surface area contributed by atoms with Crippen LogP contribution in [-0.4, -0.2) is 41.6 Å². The van der Waals surface area contributed by atoms with Crippen molar-refractivity contribution in [2.75, 3.05) is 18.6 Å². The average Bonchev–Trinajstić information content (AvgIpc) is 3.64. The van der Waals surface area contributed by atoms with Crippen LogP contribution in [-0.2, 0) is 16.0 Å². The summed E-state index contributed by atoms with van der Waals surface area (Å²) in [7, 11) is 1.51. The Morgan fingerprint density at radius 3 is 2.76 bits per heavy atom. The van der Waals surface area contributed by atoms with Crippen LogP contribution in [0.4, 0.5) is 9.52 Å². The second kappa shape index (κ2) is 11.1. The zero-order chi connectivity index (χ0) is 29.5. The Morgan fingerprint density at radius 1 is 1.14 bits per heavy atom. The molecule has 216 valence electrons. The zero-order valence-electron chi connectivity index (χ0n) is 23.3. The van der Waals surface area contributed by atoms with E-state index in [4.69, 9.17) is 14.2 Å². The molecule has 42 heavy (non-hydrogen) atoms. The van der Waals surface area contributed by atoms with Crippen molar-refractivity contribution in [3.05, 3.63) is 82.7 Å². The third-order valence-corrected chi connectivity index (χ3v) is 8.44. The molecule has 1 N–H and O–H groups in total. The lowest BCUT2D eigenvalue weighted by atomic mass is 9.94. The van der Waals surface area contributed by atoms with Gasteiger partial charge in [0, 0.05) is 12.0 Å². The number of halogens is 1. The molecule has 3 aromatic carbocycles. The molecule has 6 rings (SSSR count). The number of hydrogen-bond donors (Lipinski definition) is 1. The summed E-state index contributed by atoms with van der Waals surface area (Å²) in [4.78, 5) is 33.1. The fourth-order valence-corrected chi connectivity index (χ4v) is 6.38. The maximum atomic E-state index is 14.0. The van der Waals surface area contributed by atoms with E-state index in [-0.39, 0.29) is 22.6 Å². The third kappa shape index (κ3) is 4.85. The quantitative estimate of drug-likeness (QED) is 0.108. The number of aliphatic hydroxyl groups excluding tert-OH is 1. The molecule has 1 amide bonds. The van der Waals surface area contributed by atoms with Gasteiger partial charge in [0.1, 0.15) is 23.4 Å². The number of nitrogens with zero attached hydrogens (tertiary/aromatic N) is 2. The Morgan fingerprint density at radius 2 is 1.98 bits per heavy atom. The molecule has 0 spiro atoms. The number of Topliss-reactive ketones (excluding diaryl/α,β-unsaturated/α-hetero) is 1. The lowest BCUT2D eigenvalue weighted by Crippen LogP contribution is -2.29. The topological polar surface area (TPSA) is 98.2 Å². The van der Waals surface area contributed by atoms with E-state index in [9.17, 15) is 19.1 Å². The number of benzene rings is 3. The molecule has 10 heteroatoms. The van der Waals surface area contributed by atoms with E-state index in [0.717, 1.165) is 35.5 Å². The molecule has 1 saturated heterocycles. The smallest absolute Gasteiger partial charge is 0.301 e. The van der Waals surface area contributed by atoms with Crippen molar-refractivity contribution in [1.29, 1.82) is 0 Å². The fraction of sp³-hybridized carbons (Fsp3) is 0.281. The van der Waals surface area contributed by atoms with E-state index in [0.29, 0.717) is 45.9 Å². The zero-order valence-corrected chi connectivity index (χ0v) is 24.2. The highest BCUT2D eigenvalue weighted by Crippen LogP contribution is 2.46. The van der Waals surface area contributed by atoms with Crippen molar-refractivity contribution in [2.45, 2.75) is 45.3 Å². The monoisotopic (exact) mass is 588 g/mol. The van der Waals surface area contributed by atoms with Gasteiger partial charge in [0.05, 0.1) is 35.5 Å². The molecule has 1 fully saturated rings. The fourth-order valence-electron chi connectivity index (χ4n) is 5.36. The summed E-state index contributed by atoms with van der Waals surface area (Å²) in [5, 5.41) is 11.8. The van der Waals surface area contributed by atoms with Crippen LogP contribution in [0.1, 0.15) is 49.4 Å². The van der Waals surface area contributed by atoms with Gasteiger partial charge in [0.25, 0.3) is 5.78 Å². The van der Waals surface area contributed by atoms with Crippen LogP contribution in [0.15, 0.2) is 60.2 Å². The molecule has 2 unspecified atom stereocenters. The average molecular weight is 589 g/mol. The summed E-state index contributed by atoms with van der Waals surface area (Å²) in [6.45, 7) is 4.53. The van der Waals surface area contributed by atoms with Crippen molar-refractivity contribution in [2.24, 2.45) is 0 Å². The van der Waals surface area contributed by atoms with Gasteiger partial charge in [0.2, 0.25) is 0 Å². The van der Waals surface area contributed by atoms with Crippen LogP contribution < -0.4 is 19.1 Å². The van der Waals surface area contributed by atoms with Gasteiger partial charge in [-0.25, -0.2) is 9.37 Å². The number of unbranched alkanes of at least 4 members (excludes halogenated alkanes) is 1. The van der Waals surface area contributed by atoms with Gasteiger partial charge < -0.3 is 19.3 Å². The van der Waals surface area contributed by atoms with Crippen molar-refractivity contribution in [1.82, 2.24) is 4.98 Å². The lowest BCUT2D eigenvalue weighted by molar-refractivity contribution is -0.132. The molecular formula is C32H29FN2O6S. The molecule has 4 aromatic rings. The Labute approximate surface area is 246 Å². The molecule has 0 radical (unpaired) electrons. The number of thiazole rings is 1. The summed E-state index contributed by atoms with van der Waals surface area (Å²) >= 11 is 1.09. The van der Waals surface area contributed by atoms with Gasteiger partial charge in [-0.3, -0.25) is 14.5 Å². The van der Waals surface area contributed by atoms with Crippen molar-refractivity contribution in [3.63, 3.8) is 0 Å². The van der Waals surface area contributed by atoms with E-state index in [1.54, 1.807) is 36.4 Å². The first-order chi connectivity index (χ1) is 20.3. The maximum Gasteiger partial charge on any atom is 0.301 e. The molecule has 3 heterocycles. The number of rotatable bonds is 8. The third-order valence-electron chi connectivity index (χ3n) is 7.42. The molecule has 2 aliphatic rings. The SMILES string of the molecule is CCCCOc1ccc(C2/C(=C(/O)c3ccc4c(c3)CC(C)O4)C(=O)C(=O)N2c2nc3ccc(F)cc3s2)cc1OC. The van der Waals surface area contributed by atoms with Crippen LogP contribution >= 0.6 is 11.3 Å². The van der Waals surface area contributed by atoms with Gasteiger partial charge in [-0.2, -0.15) is 0 Å². The number of fused-ring (bicyclic) bond motifs is 2. The number of carbonyl (C=O) groups is 2. The number of aliphatic hydroxyl groups is 1. The van der Waals surface area contributed by atoms with E-state index in [1.165, 1.54) is 30.2 Å². The molecule has 2 atom stereocenters. The van der Waals surface area contributed by atoms with Crippen LogP contribution in [0.3, 0.4) is 0 Å². The minimum Gasteiger partial charge on any atom is -0.507 e. The minimum atomic E-state index is -1.03. The second-order valence-corrected chi connectivity index (χ2v) is 11.4. The number of ketones is 1. The number of aromatic nitrogens is 1. The number of methoxy groups -OCH3 is 1. The van der Waals surface area contributed by atoms with Crippen molar-refractivity contribution >= 4 is 44.1 Å². The molecule has 8 nitrogen and oxygen atoms in total.